The van der Waals surface area contributed by atoms with Crippen molar-refractivity contribution in [3.63, 3.8) is 0 Å². The second-order valence-corrected chi connectivity index (χ2v) is 11.6. The van der Waals surface area contributed by atoms with Crippen molar-refractivity contribution >= 4 is 23.0 Å². The monoisotopic (exact) mass is 512 g/mol. The molecule has 0 bridgehead atoms. The number of aromatic hydroxyl groups is 1. The molecule has 0 radical (unpaired) electrons. The van der Waals surface area contributed by atoms with E-state index in [4.69, 9.17) is 0 Å². The van der Waals surface area contributed by atoms with E-state index in [0.717, 1.165) is 12.1 Å². The minimum Gasteiger partial charge on any atom is -0.505 e. The van der Waals surface area contributed by atoms with Crippen LogP contribution in [0, 0.1) is 29.6 Å². The van der Waals surface area contributed by atoms with Crippen LogP contribution in [0.15, 0.2) is 75.7 Å². The van der Waals surface area contributed by atoms with Gasteiger partial charge in [0, 0.05) is 5.56 Å². The standard InChI is InChI=1S/C30H32N4O4/c1-17-25(27(36)34(33-17)20-12-13-22-23(15-20)30(4,5)16-29(22,2)3)32-31-24-11-7-10-21(26(24)35)18-8-6-9-19(14-18)28(37)38/h6-15,22-23,33,35H,16H2,1-5H3,(H,37,38). The highest BCUT2D eigenvalue weighted by Gasteiger charge is 2.51. The van der Waals surface area contributed by atoms with E-state index in [9.17, 15) is 19.8 Å². The summed E-state index contributed by atoms with van der Waals surface area (Å²) in [6.45, 7) is 10.9. The molecule has 8 nitrogen and oxygen atoms in total. The van der Waals surface area contributed by atoms with E-state index in [-0.39, 0.29) is 39.1 Å². The number of allylic oxidation sites excluding steroid dienone is 4. The largest absolute Gasteiger partial charge is 0.505 e. The Morgan fingerprint density at radius 3 is 2.50 bits per heavy atom. The number of hydrogen-bond donors (Lipinski definition) is 3. The highest BCUT2D eigenvalue weighted by atomic mass is 16.4. The maximum atomic E-state index is 13.4. The van der Waals surface area contributed by atoms with Gasteiger partial charge >= 0.3 is 5.97 Å². The van der Waals surface area contributed by atoms with Gasteiger partial charge < -0.3 is 10.2 Å². The van der Waals surface area contributed by atoms with Gasteiger partial charge in [0.05, 0.1) is 17.0 Å². The number of para-hydroxylation sites is 1. The highest BCUT2D eigenvalue weighted by Crippen LogP contribution is 2.59. The lowest BCUT2D eigenvalue weighted by molar-refractivity contribution is 0.0697. The van der Waals surface area contributed by atoms with Crippen LogP contribution < -0.4 is 5.56 Å². The Morgan fingerprint density at radius 2 is 1.76 bits per heavy atom. The number of carbonyl (C=O) groups is 1. The zero-order valence-electron chi connectivity index (χ0n) is 22.2. The van der Waals surface area contributed by atoms with E-state index in [1.807, 2.05) is 6.08 Å². The van der Waals surface area contributed by atoms with Crippen LogP contribution in [0.5, 0.6) is 5.75 Å². The van der Waals surface area contributed by atoms with Crippen molar-refractivity contribution in [2.45, 2.75) is 41.0 Å². The first-order valence-corrected chi connectivity index (χ1v) is 12.7. The number of aromatic carboxylic acids is 1. The number of fused-ring (bicyclic) bond motifs is 1. The van der Waals surface area contributed by atoms with Crippen molar-refractivity contribution in [1.82, 2.24) is 9.78 Å². The van der Waals surface area contributed by atoms with Gasteiger partial charge in [-0.05, 0) is 65.8 Å². The molecule has 2 aliphatic rings. The van der Waals surface area contributed by atoms with E-state index >= 15 is 0 Å². The Labute approximate surface area is 221 Å². The number of carboxylic acid groups (broad SMARTS) is 1. The summed E-state index contributed by atoms with van der Waals surface area (Å²) in [5, 5.41) is 31.7. The zero-order chi connectivity index (χ0) is 27.4. The topological polar surface area (TPSA) is 120 Å². The summed E-state index contributed by atoms with van der Waals surface area (Å²) in [6.07, 6.45) is 7.52. The number of H-pyrrole nitrogens is 1. The summed E-state index contributed by atoms with van der Waals surface area (Å²) < 4.78 is 1.51. The summed E-state index contributed by atoms with van der Waals surface area (Å²) >= 11 is 0. The second kappa shape index (κ2) is 8.97. The molecule has 0 saturated heterocycles. The molecule has 2 atom stereocenters. The van der Waals surface area contributed by atoms with E-state index < -0.39 is 5.97 Å². The van der Waals surface area contributed by atoms with Gasteiger partial charge in [0.25, 0.3) is 5.56 Å². The van der Waals surface area contributed by atoms with Gasteiger partial charge in [0.15, 0.2) is 11.4 Å². The molecular weight excluding hydrogens is 480 g/mol. The third-order valence-electron chi connectivity index (χ3n) is 7.92. The van der Waals surface area contributed by atoms with Crippen molar-refractivity contribution in [2.24, 2.45) is 32.9 Å². The van der Waals surface area contributed by atoms with Gasteiger partial charge in [-0.25, -0.2) is 9.48 Å². The molecule has 5 rings (SSSR count). The molecule has 2 aromatic carbocycles. The highest BCUT2D eigenvalue weighted by molar-refractivity contribution is 5.90. The third-order valence-corrected chi connectivity index (χ3v) is 7.92. The van der Waals surface area contributed by atoms with E-state index in [2.05, 4.69) is 55.2 Å². The quantitative estimate of drug-likeness (QED) is 0.317. The SMILES string of the molecule is Cc1[nH]n(C2=CC3C(C=C2)C(C)(C)CC3(C)C)c(=O)c1N=Nc1cccc(-c2cccc(C(=O)O)c2)c1O. The van der Waals surface area contributed by atoms with Crippen molar-refractivity contribution in [1.29, 1.82) is 0 Å². The van der Waals surface area contributed by atoms with E-state index in [0.29, 0.717) is 28.7 Å². The molecule has 38 heavy (non-hydrogen) atoms. The van der Waals surface area contributed by atoms with Crippen LogP contribution in [-0.4, -0.2) is 26.0 Å². The summed E-state index contributed by atoms with van der Waals surface area (Å²) in [5.74, 6) is -0.474. The van der Waals surface area contributed by atoms with Gasteiger partial charge in [-0.2, -0.15) is 0 Å². The van der Waals surface area contributed by atoms with Gasteiger partial charge in [-0.15, -0.1) is 10.2 Å². The minimum atomic E-state index is -1.06. The smallest absolute Gasteiger partial charge is 0.335 e. The third kappa shape index (κ3) is 4.30. The van der Waals surface area contributed by atoms with Crippen molar-refractivity contribution in [3.05, 3.63) is 82.3 Å². The number of phenolic OH excluding ortho intramolecular Hbond substituents is 1. The van der Waals surface area contributed by atoms with Crippen LogP contribution in [0.4, 0.5) is 11.4 Å². The molecular formula is C30H32N4O4. The number of benzene rings is 2. The zero-order valence-corrected chi connectivity index (χ0v) is 22.2. The molecule has 3 aromatic rings. The normalized spacial score (nSPS) is 21.4. The molecule has 196 valence electrons. The van der Waals surface area contributed by atoms with Crippen LogP contribution in [0.2, 0.25) is 0 Å². The molecule has 1 saturated carbocycles. The summed E-state index contributed by atoms with van der Waals surface area (Å²) in [4.78, 5) is 24.7. The fourth-order valence-electron chi connectivity index (χ4n) is 6.29. The number of phenols is 1. The number of hydrogen-bond acceptors (Lipinski definition) is 5. The van der Waals surface area contributed by atoms with Gasteiger partial charge in [0.2, 0.25) is 0 Å². The van der Waals surface area contributed by atoms with Crippen molar-refractivity contribution in [3.8, 4) is 16.9 Å². The van der Waals surface area contributed by atoms with Crippen molar-refractivity contribution in [2.75, 3.05) is 0 Å². The number of nitrogens with zero attached hydrogens (tertiary/aromatic N) is 3. The number of aromatic amines is 1. The van der Waals surface area contributed by atoms with Crippen LogP contribution in [0.3, 0.4) is 0 Å². The Morgan fingerprint density at radius 1 is 1.05 bits per heavy atom. The number of carboxylic acids is 1. The summed E-state index contributed by atoms with van der Waals surface area (Å²) in [6, 6.07) is 11.2. The first-order chi connectivity index (χ1) is 17.9. The molecule has 0 amide bonds. The lowest BCUT2D eigenvalue weighted by Gasteiger charge is -2.31. The van der Waals surface area contributed by atoms with Gasteiger partial charge in [-0.3, -0.25) is 9.89 Å². The van der Waals surface area contributed by atoms with Crippen LogP contribution in [0.25, 0.3) is 16.8 Å². The Balaban J connectivity index is 1.47. The average molecular weight is 513 g/mol. The number of nitrogens with one attached hydrogen (secondary N) is 1. The maximum absolute atomic E-state index is 13.4. The molecule has 2 unspecified atom stereocenters. The van der Waals surface area contributed by atoms with Gasteiger partial charge in [-0.1, -0.05) is 64.1 Å². The lowest BCUT2D eigenvalue weighted by Crippen LogP contribution is -2.26. The number of azo groups is 1. The van der Waals surface area contributed by atoms with E-state index in [1.54, 1.807) is 37.3 Å². The number of rotatable bonds is 5. The minimum absolute atomic E-state index is 0.111. The molecule has 3 N–H and O–H groups in total. The lowest BCUT2D eigenvalue weighted by atomic mass is 9.74. The predicted octanol–water partition coefficient (Wildman–Crippen LogP) is 7.07. The van der Waals surface area contributed by atoms with Gasteiger partial charge in [0.1, 0.15) is 5.69 Å². The van der Waals surface area contributed by atoms with Crippen LogP contribution in [-0.2, 0) is 0 Å². The van der Waals surface area contributed by atoms with Crippen LogP contribution >= 0.6 is 0 Å². The maximum Gasteiger partial charge on any atom is 0.335 e. The van der Waals surface area contributed by atoms with E-state index in [1.165, 1.54) is 16.8 Å². The van der Waals surface area contributed by atoms with Crippen LogP contribution in [0.1, 0.15) is 50.2 Å². The first-order valence-electron chi connectivity index (χ1n) is 12.7. The summed E-state index contributed by atoms with van der Waals surface area (Å²) in [7, 11) is 0. The molecule has 0 spiro atoms. The molecule has 0 aliphatic heterocycles. The van der Waals surface area contributed by atoms with Crippen molar-refractivity contribution < 1.29 is 15.0 Å². The molecule has 1 aromatic heterocycles. The Bertz CT molecular complexity index is 1590. The predicted molar refractivity (Wildman–Crippen MR) is 147 cm³/mol. The number of aromatic nitrogens is 2. The fraction of sp³-hybridized carbons (Fsp3) is 0.333. The fourth-order valence-corrected chi connectivity index (χ4v) is 6.29. The molecule has 8 heteroatoms. The summed E-state index contributed by atoms with van der Waals surface area (Å²) in [5.41, 5.74) is 2.72. The first kappa shape index (κ1) is 25.4. The molecule has 2 aliphatic carbocycles. The second-order valence-electron chi connectivity index (χ2n) is 11.6. The Hall–Kier alpha value is -4.20. The average Bonchev–Trinajstić information content (AvgIpc) is 3.25. The number of aryl methyl sites for hydroxylation is 1. The molecule has 1 heterocycles. The molecule has 1 fully saturated rings. The Kier molecular flexibility index (Phi) is 6.01.